The van der Waals surface area contributed by atoms with Gasteiger partial charge >= 0.3 is 6.16 Å². The van der Waals surface area contributed by atoms with Crippen molar-refractivity contribution >= 4 is 52.6 Å². The molecule has 0 N–H and O–H groups in total. The van der Waals surface area contributed by atoms with Crippen LogP contribution in [0.1, 0.15) is 11.1 Å². The summed E-state index contributed by atoms with van der Waals surface area (Å²) in [7, 11) is 0. The van der Waals surface area contributed by atoms with Gasteiger partial charge in [0.25, 0.3) is 0 Å². The van der Waals surface area contributed by atoms with Gasteiger partial charge < -0.3 is 9.47 Å². The average molecular weight is 408 g/mol. The van der Waals surface area contributed by atoms with Crippen LogP contribution in [0.3, 0.4) is 0 Å². The third kappa shape index (κ3) is 5.45. The van der Waals surface area contributed by atoms with Gasteiger partial charge in [-0.25, -0.2) is 4.79 Å². The highest BCUT2D eigenvalue weighted by molar-refractivity contribution is 6.42. The first-order chi connectivity index (χ1) is 11.5. The summed E-state index contributed by atoms with van der Waals surface area (Å²) in [6.07, 6.45) is 0.162. The zero-order chi connectivity index (χ0) is 17.5. The van der Waals surface area contributed by atoms with Crippen LogP contribution in [0, 0.1) is 0 Å². The molecule has 3 nitrogen and oxygen atoms in total. The van der Waals surface area contributed by atoms with Crippen LogP contribution in [0.25, 0.3) is 0 Å². The van der Waals surface area contributed by atoms with Gasteiger partial charge in [0.1, 0.15) is 0 Å². The minimum absolute atomic E-state index is 0.150. The predicted octanol–water partition coefficient (Wildman–Crippen LogP) is 6.24. The third-order valence-electron chi connectivity index (χ3n) is 3.25. The third-order valence-corrected chi connectivity index (χ3v) is 4.96. The Hall–Kier alpha value is -1.13. The molecule has 0 radical (unpaired) electrons. The molecule has 0 saturated heterocycles. The maximum atomic E-state index is 11.6. The topological polar surface area (TPSA) is 35.5 Å². The Balaban J connectivity index is 1.72. The van der Waals surface area contributed by atoms with Crippen LogP contribution in [-0.2, 0) is 22.3 Å². The van der Waals surface area contributed by atoms with Crippen LogP contribution in [0.15, 0.2) is 36.4 Å². The number of benzene rings is 2. The number of hydrogen-bond donors (Lipinski definition) is 0. The highest BCUT2D eigenvalue weighted by Gasteiger charge is 2.09. The summed E-state index contributed by atoms with van der Waals surface area (Å²) in [6.45, 7) is 0.299. The minimum Gasteiger partial charge on any atom is -0.434 e. The Morgan fingerprint density at radius 2 is 1.17 bits per heavy atom. The maximum absolute atomic E-state index is 11.6. The molecule has 2 rings (SSSR count). The average Bonchev–Trinajstić information content (AvgIpc) is 2.55. The highest BCUT2D eigenvalue weighted by Crippen LogP contribution is 2.26. The van der Waals surface area contributed by atoms with E-state index in [4.69, 9.17) is 55.9 Å². The summed E-state index contributed by atoms with van der Waals surface area (Å²) in [5, 5.41) is 1.86. The van der Waals surface area contributed by atoms with Gasteiger partial charge in [0.05, 0.1) is 33.3 Å². The van der Waals surface area contributed by atoms with E-state index in [0.717, 1.165) is 11.1 Å². The van der Waals surface area contributed by atoms with Gasteiger partial charge in [-0.1, -0.05) is 70.7 Å². The summed E-state index contributed by atoms with van der Waals surface area (Å²) >= 11 is 24.0. The fourth-order valence-corrected chi connectivity index (χ4v) is 2.84. The molecule has 0 saturated carbocycles. The lowest BCUT2D eigenvalue weighted by atomic mass is 10.1. The molecule has 0 atom stereocenters. The largest absolute Gasteiger partial charge is 0.508 e. The van der Waals surface area contributed by atoms with Crippen LogP contribution in [-0.4, -0.2) is 19.4 Å². The Kier molecular flexibility index (Phi) is 7.50. The van der Waals surface area contributed by atoms with E-state index in [1.54, 1.807) is 24.3 Å². The van der Waals surface area contributed by atoms with Crippen molar-refractivity contribution in [1.82, 2.24) is 0 Å². The highest BCUT2D eigenvalue weighted by atomic mass is 35.5. The number of hydrogen-bond acceptors (Lipinski definition) is 3. The number of ether oxygens (including phenoxy) is 2. The van der Waals surface area contributed by atoms with Gasteiger partial charge in [-0.05, 0) is 23.3 Å². The van der Waals surface area contributed by atoms with E-state index in [1.165, 1.54) is 0 Å². The van der Waals surface area contributed by atoms with E-state index in [9.17, 15) is 4.79 Å². The van der Waals surface area contributed by atoms with Gasteiger partial charge in [-0.2, -0.15) is 0 Å². The number of carbonyl (C=O) groups is 1. The second kappa shape index (κ2) is 9.38. The molecular formula is C17H14Cl4O3. The van der Waals surface area contributed by atoms with Crippen molar-refractivity contribution in [2.75, 3.05) is 13.2 Å². The molecule has 0 unspecified atom stereocenters. The standard InChI is InChI=1S/C17H14Cl4O3/c18-13-5-1-3-11(15(13)20)7-9-23-17(22)24-10-8-12-4-2-6-14(19)16(12)21/h1-6H,7-10H2. The molecule has 24 heavy (non-hydrogen) atoms. The summed E-state index contributed by atoms with van der Waals surface area (Å²) < 4.78 is 10.0. The molecule has 128 valence electrons. The number of halogens is 4. The van der Waals surface area contributed by atoms with Crippen molar-refractivity contribution in [3.63, 3.8) is 0 Å². The Bertz CT molecular complexity index is 659. The lowest BCUT2D eigenvalue weighted by Gasteiger charge is -2.09. The number of rotatable bonds is 6. The van der Waals surface area contributed by atoms with Crippen molar-refractivity contribution < 1.29 is 14.3 Å². The van der Waals surface area contributed by atoms with Crippen LogP contribution in [0.2, 0.25) is 20.1 Å². The van der Waals surface area contributed by atoms with Crippen molar-refractivity contribution in [3.8, 4) is 0 Å². The summed E-state index contributed by atoms with van der Waals surface area (Å²) in [4.78, 5) is 11.6. The molecule has 2 aromatic carbocycles. The van der Waals surface area contributed by atoms with Crippen molar-refractivity contribution in [3.05, 3.63) is 67.6 Å². The molecule has 0 heterocycles. The Morgan fingerprint density at radius 1 is 0.750 bits per heavy atom. The number of carbonyl (C=O) groups excluding carboxylic acids is 1. The molecular weight excluding hydrogens is 394 g/mol. The molecule has 0 aliphatic rings. The van der Waals surface area contributed by atoms with Crippen molar-refractivity contribution in [2.45, 2.75) is 12.8 Å². The van der Waals surface area contributed by atoms with E-state index < -0.39 is 6.16 Å². The summed E-state index contributed by atoms with van der Waals surface area (Å²) in [6, 6.07) is 10.6. The van der Waals surface area contributed by atoms with Gasteiger partial charge in [-0.15, -0.1) is 0 Å². The van der Waals surface area contributed by atoms with Crippen LogP contribution in [0.5, 0.6) is 0 Å². The predicted molar refractivity (Wildman–Crippen MR) is 97.6 cm³/mol. The van der Waals surface area contributed by atoms with Gasteiger partial charge in [0.15, 0.2) is 0 Å². The molecule has 0 spiro atoms. The smallest absolute Gasteiger partial charge is 0.434 e. The van der Waals surface area contributed by atoms with E-state index in [1.807, 2.05) is 12.1 Å². The normalized spacial score (nSPS) is 10.5. The molecule has 0 amide bonds. The second-order valence-electron chi connectivity index (χ2n) is 4.87. The first-order valence-electron chi connectivity index (χ1n) is 7.14. The fourth-order valence-electron chi connectivity index (χ4n) is 2.01. The zero-order valence-electron chi connectivity index (χ0n) is 12.5. The molecule has 0 fully saturated rings. The van der Waals surface area contributed by atoms with Crippen LogP contribution >= 0.6 is 46.4 Å². The summed E-state index contributed by atoms with van der Waals surface area (Å²) in [5.74, 6) is 0. The molecule has 0 aliphatic heterocycles. The SMILES string of the molecule is O=C(OCCc1cccc(Cl)c1Cl)OCCc1cccc(Cl)c1Cl. The van der Waals surface area contributed by atoms with Gasteiger partial charge in [0.2, 0.25) is 0 Å². The van der Waals surface area contributed by atoms with Gasteiger partial charge in [-0.3, -0.25) is 0 Å². The fraction of sp³-hybridized carbons (Fsp3) is 0.235. The summed E-state index contributed by atoms with van der Waals surface area (Å²) in [5.41, 5.74) is 1.62. The minimum atomic E-state index is -0.744. The Morgan fingerprint density at radius 3 is 1.58 bits per heavy atom. The van der Waals surface area contributed by atoms with Crippen molar-refractivity contribution in [1.29, 1.82) is 0 Å². The molecule has 0 bridgehead atoms. The lowest BCUT2D eigenvalue weighted by molar-refractivity contribution is 0.0569. The van der Waals surface area contributed by atoms with E-state index in [-0.39, 0.29) is 13.2 Å². The van der Waals surface area contributed by atoms with E-state index >= 15 is 0 Å². The molecule has 2 aromatic rings. The molecule has 0 aliphatic carbocycles. The van der Waals surface area contributed by atoms with Crippen LogP contribution < -0.4 is 0 Å². The zero-order valence-corrected chi connectivity index (χ0v) is 15.6. The van der Waals surface area contributed by atoms with Crippen LogP contribution in [0.4, 0.5) is 4.79 Å². The molecule has 7 heteroatoms. The monoisotopic (exact) mass is 406 g/mol. The van der Waals surface area contributed by atoms with E-state index in [0.29, 0.717) is 32.9 Å². The van der Waals surface area contributed by atoms with Gasteiger partial charge in [0, 0.05) is 12.8 Å². The maximum Gasteiger partial charge on any atom is 0.508 e. The lowest BCUT2D eigenvalue weighted by Crippen LogP contribution is -2.12. The van der Waals surface area contributed by atoms with Crippen molar-refractivity contribution in [2.24, 2.45) is 0 Å². The first-order valence-corrected chi connectivity index (χ1v) is 8.65. The molecule has 0 aromatic heterocycles. The Labute approximate surface area is 160 Å². The quantitative estimate of drug-likeness (QED) is 0.531. The first kappa shape index (κ1) is 19.2. The van der Waals surface area contributed by atoms with E-state index in [2.05, 4.69) is 0 Å². The second-order valence-corrected chi connectivity index (χ2v) is 6.44.